The molecule has 14 heteroatoms. The largest absolute Gasteiger partial charge is 0.490 e. The zero-order valence-electron chi connectivity index (χ0n) is 21.1. The minimum absolute atomic E-state index is 0.148. The summed E-state index contributed by atoms with van der Waals surface area (Å²) in [7, 11) is 3.17. The van der Waals surface area contributed by atoms with Crippen LogP contribution >= 0.6 is 0 Å². The second-order valence-corrected chi connectivity index (χ2v) is 8.90. The van der Waals surface area contributed by atoms with Crippen molar-refractivity contribution in [1.29, 1.82) is 0 Å². The quantitative estimate of drug-likeness (QED) is 0.616. The highest BCUT2D eigenvalue weighted by molar-refractivity contribution is 5.79. The SMILES string of the molecule is COc1cc(OC)nc(N2CCCC3(CCC(=O)N3Cc3c(C)noc3C)CC2)n1.O=C(O)C(F)(F)F. The highest BCUT2D eigenvalue weighted by atomic mass is 19.4. The minimum atomic E-state index is -5.08. The summed E-state index contributed by atoms with van der Waals surface area (Å²) in [4.78, 5) is 35.0. The Hall–Kier alpha value is -3.58. The summed E-state index contributed by atoms with van der Waals surface area (Å²) in [5.41, 5.74) is 1.73. The molecule has 0 aromatic carbocycles. The Morgan fingerprint density at radius 3 is 2.27 bits per heavy atom. The van der Waals surface area contributed by atoms with Crippen molar-refractivity contribution < 1.29 is 41.9 Å². The van der Waals surface area contributed by atoms with Gasteiger partial charge in [-0.1, -0.05) is 5.16 Å². The fourth-order valence-corrected chi connectivity index (χ4v) is 4.66. The third-order valence-corrected chi connectivity index (χ3v) is 6.70. The molecular formula is C23H30F3N5O6. The van der Waals surface area contributed by atoms with E-state index < -0.39 is 12.1 Å². The molecule has 4 heterocycles. The summed E-state index contributed by atoms with van der Waals surface area (Å²) in [5, 5.41) is 11.2. The topological polar surface area (TPSA) is 131 Å². The molecule has 4 rings (SSSR count). The standard InChI is InChI=1S/C21H29N5O4.C2HF3O2/c1-14-16(15(2)30-24-14)13-26-19(27)6-8-21(26)7-5-10-25(11-9-21)20-22-17(28-3)12-18(23-20)29-4;3-2(4,5)1(6)7/h12H,5-11,13H2,1-4H3;(H,6,7). The van der Waals surface area contributed by atoms with Crippen LogP contribution in [-0.2, 0) is 16.1 Å². The number of rotatable bonds is 5. The van der Waals surface area contributed by atoms with Gasteiger partial charge in [0.15, 0.2) is 0 Å². The molecule has 1 N–H and O–H groups in total. The lowest BCUT2D eigenvalue weighted by molar-refractivity contribution is -0.192. The van der Waals surface area contributed by atoms with Crippen LogP contribution in [0.3, 0.4) is 0 Å². The highest BCUT2D eigenvalue weighted by Crippen LogP contribution is 2.41. The third kappa shape index (κ3) is 6.41. The van der Waals surface area contributed by atoms with Gasteiger partial charge in [0.2, 0.25) is 23.6 Å². The van der Waals surface area contributed by atoms with E-state index in [-0.39, 0.29) is 11.4 Å². The maximum absolute atomic E-state index is 12.8. The van der Waals surface area contributed by atoms with Gasteiger partial charge in [-0.3, -0.25) is 4.79 Å². The van der Waals surface area contributed by atoms with Crippen molar-refractivity contribution in [2.45, 2.75) is 64.2 Å². The summed E-state index contributed by atoms with van der Waals surface area (Å²) >= 11 is 0. The molecule has 0 saturated carbocycles. The number of nitrogens with zero attached hydrogens (tertiary/aromatic N) is 5. The monoisotopic (exact) mass is 529 g/mol. The van der Waals surface area contributed by atoms with Crippen LogP contribution in [0.4, 0.5) is 19.1 Å². The molecule has 1 unspecified atom stereocenters. The predicted octanol–water partition coefficient (Wildman–Crippen LogP) is 3.28. The molecular weight excluding hydrogens is 499 g/mol. The highest BCUT2D eigenvalue weighted by Gasteiger charge is 2.46. The molecule has 1 amide bonds. The van der Waals surface area contributed by atoms with Crippen LogP contribution in [0, 0.1) is 13.8 Å². The number of likely N-dealkylation sites (tertiary alicyclic amines) is 1. The van der Waals surface area contributed by atoms with Crippen LogP contribution in [0.2, 0.25) is 0 Å². The Morgan fingerprint density at radius 1 is 1.14 bits per heavy atom. The smallest absolute Gasteiger partial charge is 0.481 e. The molecule has 2 aromatic rings. The van der Waals surface area contributed by atoms with E-state index in [1.54, 1.807) is 20.3 Å². The molecule has 1 spiro atoms. The molecule has 2 aromatic heterocycles. The number of alkyl halides is 3. The fraction of sp³-hybridized carbons (Fsp3) is 0.609. The number of halogens is 3. The van der Waals surface area contributed by atoms with Crippen molar-refractivity contribution >= 4 is 17.8 Å². The zero-order chi connectivity index (χ0) is 27.4. The number of aromatic nitrogens is 3. The van der Waals surface area contributed by atoms with Gasteiger partial charge in [-0.25, -0.2) is 4.79 Å². The van der Waals surface area contributed by atoms with Crippen LogP contribution in [0.25, 0.3) is 0 Å². The first-order chi connectivity index (χ1) is 17.4. The van der Waals surface area contributed by atoms with Crippen LogP contribution in [0.1, 0.15) is 49.1 Å². The van der Waals surface area contributed by atoms with Crippen LogP contribution in [0.15, 0.2) is 10.6 Å². The van der Waals surface area contributed by atoms with Crippen molar-refractivity contribution in [1.82, 2.24) is 20.0 Å². The van der Waals surface area contributed by atoms with Gasteiger partial charge in [0.05, 0.1) is 32.5 Å². The number of aliphatic carboxylic acids is 1. The number of hydrogen-bond acceptors (Lipinski definition) is 9. The molecule has 0 aliphatic carbocycles. The first-order valence-electron chi connectivity index (χ1n) is 11.6. The van der Waals surface area contributed by atoms with E-state index in [2.05, 4.69) is 24.9 Å². The van der Waals surface area contributed by atoms with E-state index in [0.29, 0.717) is 30.7 Å². The summed E-state index contributed by atoms with van der Waals surface area (Å²) in [6, 6.07) is 1.67. The van der Waals surface area contributed by atoms with Gasteiger partial charge in [-0.15, -0.1) is 0 Å². The van der Waals surface area contributed by atoms with Crippen LogP contribution in [0.5, 0.6) is 11.8 Å². The van der Waals surface area contributed by atoms with Crippen molar-refractivity contribution in [3.8, 4) is 11.8 Å². The number of carbonyl (C=O) groups excluding carboxylic acids is 1. The Bertz CT molecular complexity index is 1080. The molecule has 37 heavy (non-hydrogen) atoms. The second kappa shape index (κ2) is 11.2. The third-order valence-electron chi connectivity index (χ3n) is 6.70. The van der Waals surface area contributed by atoms with Crippen molar-refractivity contribution in [3.05, 3.63) is 23.1 Å². The number of aryl methyl sites for hydroxylation is 2. The molecule has 2 aliphatic rings. The van der Waals surface area contributed by atoms with E-state index in [1.807, 2.05) is 13.8 Å². The van der Waals surface area contributed by atoms with Gasteiger partial charge in [0.1, 0.15) is 5.76 Å². The lowest BCUT2D eigenvalue weighted by Gasteiger charge is -2.38. The number of ether oxygens (including phenoxy) is 2. The number of amides is 1. The van der Waals surface area contributed by atoms with E-state index in [1.165, 1.54) is 0 Å². The van der Waals surface area contributed by atoms with E-state index in [4.69, 9.17) is 23.9 Å². The zero-order valence-corrected chi connectivity index (χ0v) is 21.1. The number of carboxylic acid groups (broad SMARTS) is 1. The molecule has 0 bridgehead atoms. The summed E-state index contributed by atoms with van der Waals surface area (Å²) < 4.78 is 47.7. The molecule has 11 nitrogen and oxygen atoms in total. The number of hydrogen-bond donors (Lipinski definition) is 1. The Labute approximate surface area is 211 Å². The van der Waals surface area contributed by atoms with Gasteiger partial charge in [-0.05, 0) is 39.5 Å². The molecule has 2 fully saturated rings. The van der Waals surface area contributed by atoms with Crippen molar-refractivity contribution in [2.75, 3.05) is 32.2 Å². The van der Waals surface area contributed by atoms with E-state index in [9.17, 15) is 18.0 Å². The Kier molecular flexibility index (Phi) is 8.49. The number of carbonyl (C=O) groups is 2. The first kappa shape index (κ1) is 28.0. The average Bonchev–Trinajstić information content (AvgIpc) is 3.23. The molecule has 0 radical (unpaired) electrons. The van der Waals surface area contributed by atoms with Gasteiger partial charge in [0.25, 0.3) is 0 Å². The first-order valence-corrected chi connectivity index (χ1v) is 11.6. The Balaban J connectivity index is 0.000000479. The lowest BCUT2D eigenvalue weighted by Crippen LogP contribution is -2.46. The molecule has 1 atom stereocenters. The minimum Gasteiger partial charge on any atom is -0.481 e. The van der Waals surface area contributed by atoms with Crippen LogP contribution < -0.4 is 14.4 Å². The number of anilines is 1. The van der Waals surface area contributed by atoms with Gasteiger partial charge in [-0.2, -0.15) is 23.1 Å². The molecule has 2 saturated heterocycles. The number of carboxylic acids is 1. The predicted molar refractivity (Wildman–Crippen MR) is 123 cm³/mol. The maximum atomic E-state index is 12.8. The van der Waals surface area contributed by atoms with Gasteiger partial charge in [0, 0.05) is 30.6 Å². The molecule has 2 aliphatic heterocycles. The maximum Gasteiger partial charge on any atom is 0.490 e. The number of methoxy groups -OCH3 is 2. The van der Waals surface area contributed by atoms with E-state index >= 15 is 0 Å². The lowest BCUT2D eigenvalue weighted by atomic mass is 9.87. The van der Waals surface area contributed by atoms with Gasteiger partial charge < -0.3 is 28.9 Å². The average molecular weight is 530 g/mol. The summed E-state index contributed by atoms with van der Waals surface area (Å²) in [5.74, 6) is -0.201. The second-order valence-electron chi connectivity index (χ2n) is 8.90. The normalized spacial score (nSPS) is 19.9. The molecule has 204 valence electrons. The fourth-order valence-electron chi connectivity index (χ4n) is 4.66. The van der Waals surface area contributed by atoms with Crippen LogP contribution in [-0.4, -0.2) is 76.0 Å². The van der Waals surface area contributed by atoms with Gasteiger partial charge >= 0.3 is 12.1 Å². The summed E-state index contributed by atoms with van der Waals surface area (Å²) in [6.45, 7) is 5.99. The summed E-state index contributed by atoms with van der Waals surface area (Å²) in [6.07, 6.45) is -0.836. The Morgan fingerprint density at radius 2 is 1.76 bits per heavy atom. The van der Waals surface area contributed by atoms with Crippen molar-refractivity contribution in [2.24, 2.45) is 0 Å². The van der Waals surface area contributed by atoms with Crippen molar-refractivity contribution in [3.63, 3.8) is 0 Å². The van der Waals surface area contributed by atoms with E-state index in [0.717, 1.165) is 55.8 Å².